The van der Waals surface area contributed by atoms with Gasteiger partial charge in [-0.2, -0.15) is 5.26 Å². The number of hydrogen-bond acceptors (Lipinski definition) is 6. The number of para-hydroxylation sites is 1. The summed E-state index contributed by atoms with van der Waals surface area (Å²) in [6.45, 7) is 0.393. The molecule has 0 aliphatic rings. The number of ether oxygens (including phenoxy) is 2. The molecule has 3 aromatic carbocycles. The fraction of sp³-hybridized carbons (Fsp3) is 0.125. The van der Waals surface area contributed by atoms with Gasteiger partial charge in [0.1, 0.15) is 0 Å². The van der Waals surface area contributed by atoms with Crippen molar-refractivity contribution >= 4 is 23.4 Å². The zero-order valence-corrected chi connectivity index (χ0v) is 17.1. The van der Waals surface area contributed by atoms with Crippen LogP contribution in [-0.4, -0.2) is 26.3 Å². The molecule has 0 aromatic heterocycles. The number of carbonyl (C=O) groups excluding carboxylic acids is 2. The molecule has 7 heteroatoms. The van der Waals surface area contributed by atoms with Gasteiger partial charge in [0, 0.05) is 6.54 Å². The first kappa shape index (κ1) is 21.4. The Kier molecular flexibility index (Phi) is 6.86. The average molecular weight is 415 g/mol. The van der Waals surface area contributed by atoms with Crippen molar-refractivity contribution in [3.05, 3.63) is 83.4 Å². The highest BCUT2D eigenvalue weighted by Gasteiger charge is 2.17. The van der Waals surface area contributed by atoms with Crippen molar-refractivity contribution in [3.63, 3.8) is 0 Å². The summed E-state index contributed by atoms with van der Waals surface area (Å²) in [4.78, 5) is 23.9. The molecule has 0 aliphatic carbocycles. The zero-order chi connectivity index (χ0) is 22.2. The van der Waals surface area contributed by atoms with Gasteiger partial charge in [-0.25, -0.2) is 9.59 Å². The van der Waals surface area contributed by atoms with Gasteiger partial charge in [-0.15, -0.1) is 0 Å². The maximum Gasteiger partial charge on any atom is 0.411 e. The molecule has 0 atom stereocenters. The van der Waals surface area contributed by atoms with E-state index in [-0.39, 0.29) is 5.56 Å². The van der Waals surface area contributed by atoms with Gasteiger partial charge in [0.2, 0.25) is 0 Å². The van der Waals surface area contributed by atoms with Crippen molar-refractivity contribution in [1.29, 1.82) is 5.26 Å². The molecule has 0 heterocycles. The van der Waals surface area contributed by atoms with Crippen molar-refractivity contribution in [2.45, 2.75) is 6.54 Å². The molecule has 1 amide bonds. The molecule has 156 valence electrons. The van der Waals surface area contributed by atoms with Gasteiger partial charge >= 0.3 is 12.1 Å². The van der Waals surface area contributed by atoms with Crippen LogP contribution in [0.2, 0.25) is 0 Å². The van der Waals surface area contributed by atoms with Gasteiger partial charge in [-0.05, 0) is 34.9 Å². The molecule has 0 saturated heterocycles. The summed E-state index contributed by atoms with van der Waals surface area (Å²) in [6.07, 6.45) is -0.648. The van der Waals surface area contributed by atoms with Gasteiger partial charge in [0.25, 0.3) is 0 Å². The maximum absolute atomic E-state index is 12.2. The SMILES string of the molecule is COC(=O)Nc1cccc(C(=O)OC)c1NCc1ccc(-c2ccccc2C#N)cc1. The number of methoxy groups -OCH3 is 2. The standard InChI is InChI=1S/C24H21N3O4/c1-30-23(28)20-8-5-9-21(27-24(29)31-2)22(20)26-15-16-10-12-17(13-11-16)19-7-4-3-6-18(19)14-25/h3-13,26H,15H2,1-2H3,(H,27,29). The van der Waals surface area contributed by atoms with Gasteiger partial charge < -0.3 is 14.8 Å². The molecule has 0 bridgehead atoms. The van der Waals surface area contributed by atoms with Crippen LogP contribution >= 0.6 is 0 Å². The molecule has 0 fully saturated rings. The molecule has 3 aromatic rings. The number of nitriles is 1. The van der Waals surface area contributed by atoms with Crippen LogP contribution in [0.15, 0.2) is 66.7 Å². The third-order valence-electron chi connectivity index (χ3n) is 4.67. The van der Waals surface area contributed by atoms with E-state index in [1.54, 1.807) is 24.3 Å². The third kappa shape index (κ3) is 5.00. The predicted octanol–water partition coefficient (Wildman–Crippen LogP) is 4.80. The molecular formula is C24H21N3O4. The number of nitrogens with one attached hydrogen (secondary N) is 2. The minimum atomic E-state index is -0.648. The summed E-state index contributed by atoms with van der Waals surface area (Å²) < 4.78 is 9.51. The predicted molar refractivity (Wildman–Crippen MR) is 118 cm³/mol. The largest absolute Gasteiger partial charge is 0.465 e. The Bertz CT molecular complexity index is 1130. The highest BCUT2D eigenvalue weighted by Crippen LogP contribution is 2.28. The summed E-state index contributed by atoms with van der Waals surface area (Å²) in [6, 6.07) is 22.3. The monoisotopic (exact) mass is 415 g/mol. The minimum Gasteiger partial charge on any atom is -0.465 e. The number of benzene rings is 3. The lowest BCUT2D eigenvalue weighted by Gasteiger charge is -2.16. The Labute approximate surface area is 180 Å². The summed E-state index contributed by atoms with van der Waals surface area (Å²) >= 11 is 0. The van der Waals surface area contributed by atoms with E-state index in [1.165, 1.54) is 14.2 Å². The second-order valence-electron chi connectivity index (χ2n) is 6.54. The topological polar surface area (TPSA) is 100 Å². The minimum absolute atomic E-state index is 0.288. The molecular weight excluding hydrogens is 394 g/mol. The Morgan fingerprint density at radius 2 is 1.68 bits per heavy atom. The van der Waals surface area contributed by atoms with Crippen LogP contribution in [0.1, 0.15) is 21.5 Å². The maximum atomic E-state index is 12.2. The molecule has 2 N–H and O–H groups in total. The van der Waals surface area contributed by atoms with E-state index in [0.717, 1.165) is 16.7 Å². The van der Waals surface area contributed by atoms with Crippen LogP contribution in [-0.2, 0) is 16.0 Å². The lowest BCUT2D eigenvalue weighted by atomic mass is 9.99. The molecule has 0 spiro atoms. The molecule has 3 rings (SSSR count). The van der Waals surface area contributed by atoms with Gasteiger partial charge in [-0.1, -0.05) is 48.5 Å². The van der Waals surface area contributed by atoms with E-state index >= 15 is 0 Å². The quantitative estimate of drug-likeness (QED) is 0.561. The van der Waals surface area contributed by atoms with Crippen molar-refractivity contribution in [2.24, 2.45) is 0 Å². The van der Waals surface area contributed by atoms with Crippen molar-refractivity contribution < 1.29 is 19.1 Å². The average Bonchev–Trinajstić information content (AvgIpc) is 2.82. The van der Waals surface area contributed by atoms with Crippen LogP contribution in [0, 0.1) is 11.3 Å². The first-order valence-electron chi connectivity index (χ1n) is 9.46. The van der Waals surface area contributed by atoms with E-state index < -0.39 is 12.1 Å². The number of anilines is 2. The summed E-state index contributed by atoms with van der Waals surface area (Å²) in [5.74, 6) is -0.528. The lowest BCUT2D eigenvalue weighted by Crippen LogP contribution is -2.15. The van der Waals surface area contributed by atoms with Crippen molar-refractivity contribution in [3.8, 4) is 17.2 Å². The van der Waals surface area contributed by atoms with Gasteiger partial charge in [0.05, 0.1) is 42.8 Å². The number of carbonyl (C=O) groups is 2. The smallest absolute Gasteiger partial charge is 0.411 e. The summed E-state index contributed by atoms with van der Waals surface area (Å²) in [5, 5.41) is 15.1. The second-order valence-corrected chi connectivity index (χ2v) is 6.54. The lowest BCUT2D eigenvalue weighted by molar-refractivity contribution is 0.0601. The Morgan fingerprint density at radius 1 is 0.935 bits per heavy atom. The van der Waals surface area contributed by atoms with Crippen LogP contribution in [0.3, 0.4) is 0 Å². The van der Waals surface area contributed by atoms with E-state index in [0.29, 0.717) is 23.5 Å². The van der Waals surface area contributed by atoms with Crippen molar-refractivity contribution in [1.82, 2.24) is 0 Å². The van der Waals surface area contributed by atoms with Crippen LogP contribution < -0.4 is 10.6 Å². The molecule has 0 unspecified atom stereocenters. The van der Waals surface area contributed by atoms with Gasteiger partial charge in [-0.3, -0.25) is 5.32 Å². The van der Waals surface area contributed by atoms with Crippen LogP contribution in [0.4, 0.5) is 16.2 Å². The van der Waals surface area contributed by atoms with Gasteiger partial charge in [0.15, 0.2) is 0 Å². The fourth-order valence-corrected chi connectivity index (χ4v) is 3.11. The normalized spacial score (nSPS) is 9.97. The number of esters is 1. The number of amides is 1. The molecule has 0 radical (unpaired) electrons. The first-order chi connectivity index (χ1) is 15.1. The van der Waals surface area contributed by atoms with E-state index in [9.17, 15) is 14.9 Å². The van der Waals surface area contributed by atoms with Crippen molar-refractivity contribution in [2.75, 3.05) is 24.9 Å². The molecule has 0 aliphatic heterocycles. The molecule has 31 heavy (non-hydrogen) atoms. The summed E-state index contributed by atoms with van der Waals surface area (Å²) in [7, 11) is 2.56. The van der Waals surface area contributed by atoms with E-state index in [2.05, 4.69) is 21.4 Å². The third-order valence-corrected chi connectivity index (χ3v) is 4.67. The highest BCUT2D eigenvalue weighted by atomic mass is 16.5. The number of nitrogens with zero attached hydrogens (tertiary/aromatic N) is 1. The van der Waals surface area contributed by atoms with Crippen LogP contribution in [0.25, 0.3) is 11.1 Å². The number of rotatable bonds is 6. The molecule has 7 nitrogen and oxygen atoms in total. The second kappa shape index (κ2) is 9.94. The Hall–Kier alpha value is -4.31. The fourth-order valence-electron chi connectivity index (χ4n) is 3.11. The Morgan fingerprint density at radius 3 is 2.35 bits per heavy atom. The Balaban J connectivity index is 1.84. The molecule has 0 saturated carbocycles. The number of hydrogen-bond donors (Lipinski definition) is 2. The highest BCUT2D eigenvalue weighted by molar-refractivity contribution is 6.01. The summed E-state index contributed by atoms with van der Waals surface area (Å²) in [5.41, 5.74) is 4.47. The van der Waals surface area contributed by atoms with E-state index in [1.807, 2.05) is 42.5 Å². The van der Waals surface area contributed by atoms with E-state index in [4.69, 9.17) is 4.74 Å². The zero-order valence-electron chi connectivity index (χ0n) is 17.1. The first-order valence-corrected chi connectivity index (χ1v) is 9.46. The van der Waals surface area contributed by atoms with Crippen LogP contribution in [0.5, 0.6) is 0 Å².